The van der Waals surface area contributed by atoms with Gasteiger partial charge >= 0.3 is 0 Å². The monoisotopic (exact) mass is 430 g/mol. The Balaban J connectivity index is 1.33. The van der Waals surface area contributed by atoms with Crippen LogP contribution in [0.4, 0.5) is 5.69 Å². The van der Waals surface area contributed by atoms with Crippen LogP contribution in [0.25, 0.3) is 10.2 Å². The zero-order valence-corrected chi connectivity index (χ0v) is 17.7. The predicted molar refractivity (Wildman–Crippen MR) is 115 cm³/mol. The zero-order chi connectivity index (χ0) is 20.4. The number of carbonyl (C=O) groups is 1. The van der Waals surface area contributed by atoms with Crippen molar-refractivity contribution in [1.82, 2.24) is 14.2 Å². The summed E-state index contributed by atoms with van der Waals surface area (Å²) in [6.07, 6.45) is 0. The van der Waals surface area contributed by atoms with Crippen LogP contribution in [0.5, 0.6) is 0 Å². The van der Waals surface area contributed by atoms with Crippen molar-refractivity contribution in [1.29, 1.82) is 0 Å². The molecule has 0 aliphatic carbocycles. The largest absolute Gasteiger partial charge is 0.376 e. The number of nitrogens with one attached hydrogen (secondary N) is 1. The summed E-state index contributed by atoms with van der Waals surface area (Å²) in [5.41, 5.74) is 1.83. The number of hydrogen-bond acceptors (Lipinski definition) is 6. The Bertz CT molecular complexity index is 1120. The summed E-state index contributed by atoms with van der Waals surface area (Å²) in [4.78, 5) is 19.0. The average Bonchev–Trinajstić information content (AvgIpc) is 3.12. The van der Waals surface area contributed by atoms with Gasteiger partial charge in [0, 0.05) is 31.9 Å². The van der Waals surface area contributed by atoms with E-state index < -0.39 is 10.0 Å². The second-order valence-electron chi connectivity index (χ2n) is 6.87. The molecule has 0 spiro atoms. The molecule has 4 rings (SSSR count). The van der Waals surface area contributed by atoms with E-state index in [0.29, 0.717) is 26.2 Å². The first-order valence-corrected chi connectivity index (χ1v) is 11.6. The molecule has 2 aromatic carbocycles. The molecule has 0 bridgehead atoms. The smallest absolute Gasteiger partial charge is 0.243 e. The first kappa shape index (κ1) is 19.8. The molecule has 0 radical (unpaired) electrons. The Morgan fingerprint density at radius 3 is 2.55 bits per heavy atom. The number of anilines is 1. The van der Waals surface area contributed by atoms with Gasteiger partial charge in [0.1, 0.15) is 0 Å². The Labute approximate surface area is 174 Å². The summed E-state index contributed by atoms with van der Waals surface area (Å²) < 4.78 is 27.9. The minimum absolute atomic E-state index is 0.0395. The van der Waals surface area contributed by atoms with Crippen LogP contribution < -0.4 is 5.32 Å². The number of fused-ring (bicyclic) bond motifs is 1. The fraction of sp³-hybridized carbons (Fsp3) is 0.300. The SMILES string of the molecule is Cc1nc2ccc(NCC(=O)N3CCN(S(=O)(=O)c4ccccc4)CC3)cc2s1. The number of nitrogens with zero attached hydrogens (tertiary/aromatic N) is 3. The van der Waals surface area contributed by atoms with E-state index in [-0.39, 0.29) is 17.3 Å². The van der Waals surface area contributed by atoms with E-state index >= 15 is 0 Å². The summed E-state index contributed by atoms with van der Waals surface area (Å²) >= 11 is 1.62. The third-order valence-corrected chi connectivity index (χ3v) is 7.76. The Morgan fingerprint density at radius 2 is 1.83 bits per heavy atom. The Hall–Kier alpha value is -2.49. The molecule has 3 aromatic rings. The normalized spacial score (nSPS) is 15.6. The number of sulfonamides is 1. The topological polar surface area (TPSA) is 82.6 Å². The molecule has 0 atom stereocenters. The van der Waals surface area contributed by atoms with Crippen molar-refractivity contribution >= 4 is 43.2 Å². The molecular weight excluding hydrogens is 408 g/mol. The van der Waals surface area contributed by atoms with Gasteiger partial charge in [-0.15, -0.1) is 11.3 Å². The molecule has 0 saturated carbocycles. The fourth-order valence-corrected chi connectivity index (χ4v) is 5.67. The van der Waals surface area contributed by atoms with Gasteiger partial charge in [0.2, 0.25) is 15.9 Å². The van der Waals surface area contributed by atoms with Crippen LogP contribution in [0, 0.1) is 6.92 Å². The molecule has 7 nitrogen and oxygen atoms in total. The highest BCUT2D eigenvalue weighted by atomic mass is 32.2. The summed E-state index contributed by atoms with van der Waals surface area (Å²) in [5.74, 6) is -0.0395. The maximum atomic E-state index is 12.7. The molecule has 1 N–H and O–H groups in total. The third kappa shape index (κ3) is 4.26. The van der Waals surface area contributed by atoms with Crippen molar-refractivity contribution in [2.24, 2.45) is 0 Å². The predicted octanol–water partition coefficient (Wildman–Crippen LogP) is 2.55. The van der Waals surface area contributed by atoms with Gasteiger partial charge in [-0.25, -0.2) is 13.4 Å². The number of piperazine rings is 1. The van der Waals surface area contributed by atoms with Gasteiger partial charge in [-0.1, -0.05) is 18.2 Å². The summed E-state index contributed by atoms with van der Waals surface area (Å²) in [6, 6.07) is 14.3. The first-order chi connectivity index (χ1) is 13.9. The van der Waals surface area contributed by atoms with Gasteiger partial charge in [-0.05, 0) is 37.3 Å². The van der Waals surface area contributed by atoms with Crippen molar-refractivity contribution < 1.29 is 13.2 Å². The highest BCUT2D eigenvalue weighted by molar-refractivity contribution is 7.89. The number of hydrogen-bond donors (Lipinski definition) is 1. The number of carbonyl (C=O) groups excluding carboxylic acids is 1. The van der Waals surface area contributed by atoms with Crippen molar-refractivity contribution in [3.05, 3.63) is 53.5 Å². The van der Waals surface area contributed by atoms with Gasteiger partial charge in [-0.2, -0.15) is 4.31 Å². The number of amides is 1. The molecule has 29 heavy (non-hydrogen) atoms. The van der Waals surface area contributed by atoms with Gasteiger partial charge in [0.15, 0.2) is 0 Å². The van der Waals surface area contributed by atoms with Gasteiger partial charge in [0.05, 0.1) is 26.7 Å². The lowest BCUT2D eigenvalue weighted by Gasteiger charge is -2.34. The number of aryl methyl sites for hydroxylation is 1. The summed E-state index contributed by atoms with van der Waals surface area (Å²) in [5, 5.41) is 4.18. The van der Waals surface area contributed by atoms with E-state index in [1.54, 1.807) is 46.6 Å². The van der Waals surface area contributed by atoms with Crippen LogP contribution in [-0.4, -0.2) is 61.2 Å². The molecule has 152 valence electrons. The lowest BCUT2D eigenvalue weighted by molar-refractivity contribution is -0.130. The molecular formula is C20H22N4O3S2. The van der Waals surface area contributed by atoms with Gasteiger partial charge in [0.25, 0.3) is 0 Å². The molecule has 1 aromatic heterocycles. The number of rotatable bonds is 5. The van der Waals surface area contributed by atoms with Crippen LogP contribution in [-0.2, 0) is 14.8 Å². The van der Waals surface area contributed by atoms with Crippen LogP contribution >= 0.6 is 11.3 Å². The van der Waals surface area contributed by atoms with Crippen molar-refractivity contribution in [2.45, 2.75) is 11.8 Å². The van der Waals surface area contributed by atoms with E-state index in [1.165, 1.54) is 4.31 Å². The van der Waals surface area contributed by atoms with E-state index in [9.17, 15) is 13.2 Å². The first-order valence-electron chi connectivity index (χ1n) is 9.37. The number of aromatic nitrogens is 1. The maximum Gasteiger partial charge on any atom is 0.243 e. The number of benzene rings is 2. The lowest BCUT2D eigenvalue weighted by atomic mass is 10.3. The second kappa shape index (κ2) is 8.10. The van der Waals surface area contributed by atoms with Gasteiger partial charge in [-0.3, -0.25) is 4.79 Å². The highest BCUT2D eigenvalue weighted by Crippen LogP contribution is 2.24. The third-order valence-electron chi connectivity index (χ3n) is 4.91. The summed E-state index contributed by atoms with van der Waals surface area (Å²) in [6.45, 7) is 3.52. The van der Waals surface area contributed by atoms with Gasteiger partial charge < -0.3 is 10.2 Å². The van der Waals surface area contributed by atoms with E-state index in [2.05, 4.69) is 10.3 Å². The maximum absolute atomic E-state index is 12.7. The molecule has 1 amide bonds. The minimum atomic E-state index is -3.51. The van der Waals surface area contributed by atoms with E-state index in [1.807, 2.05) is 25.1 Å². The van der Waals surface area contributed by atoms with Crippen LogP contribution in [0.15, 0.2) is 53.4 Å². The highest BCUT2D eigenvalue weighted by Gasteiger charge is 2.29. The molecule has 1 aliphatic heterocycles. The summed E-state index contributed by atoms with van der Waals surface area (Å²) in [7, 11) is -3.51. The molecule has 9 heteroatoms. The standard InChI is InChI=1S/C20H22N4O3S2/c1-15-22-18-8-7-16(13-19(18)28-15)21-14-20(25)23-9-11-24(12-10-23)29(26,27)17-5-3-2-4-6-17/h2-8,13,21H,9-12,14H2,1H3. The van der Waals surface area contributed by atoms with E-state index in [0.717, 1.165) is 20.9 Å². The molecule has 1 saturated heterocycles. The average molecular weight is 431 g/mol. The van der Waals surface area contributed by atoms with Crippen LogP contribution in [0.3, 0.4) is 0 Å². The Kier molecular flexibility index (Phi) is 5.53. The van der Waals surface area contributed by atoms with Crippen LogP contribution in [0.1, 0.15) is 5.01 Å². The number of thiazole rings is 1. The van der Waals surface area contributed by atoms with Crippen molar-refractivity contribution in [3.8, 4) is 0 Å². The minimum Gasteiger partial charge on any atom is -0.376 e. The van der Waals surface area contributed by atoms with Crippen LogP contribution in [0.2, 0.25) is 0 Å². The quantitative estimate of drug-likeness (QED) is 0.673. The van der Waals surface area contributed by atoms with E-state index in [4.69, 9.17) is 0 Å². The van der Waals surface area contributed by atoms with Crippen molar-refractivity contribution in [2.75, 3.05) is 38.0 Å². The molecule has 1 aliphatic rings. The Morgan fingerprint density at radius 1 is 1.10 bits per heavy atom. The molecule has 0 unspecified atom stereocenters. The second-order valence-corrected chi connectivity index (χ2v) is 10.0. The molecule has 1 fully saturated rings. The lowest BCUT2D eigenvalue weighted by Crippen LogP contribution is -2.51. The fourth-order valence-electron chi connectivity index (χ4n) is 3.36. The van der Waals surface area contributed by atoms with Crippen molar-refractivity contribution in [3.63, 3.8) is 0 Å². The molecule has 2 heterocycles. The zero-order valence-electron chi connectivity index (χ0n) is 16.0.